The molecule has 0 fully saturated rings. The fourth-order valence-corrected chi connectivity index (χ4v) is 1.41. The van der Waals surface area contributed by atoms with Crippen LogP contribution in [0.1, 0.15) is 26.3 Å². The van der Waals surface area contributed by atoms with Crippen molar-refractivity contribution in [1.29, 1.82) is 0 Å². The van der Waals surface area contributed by atoms with E-state index in [1.54, 1.807) is 13.8 Å². The second-order valence-corrected chi connectivity index (χ2v) is 4.07. The summed E-state index contributed by atoms with van der Waals surface area (Å²) < 4.78 is 5.38. The zero-order valence-electron chi connectivity index (χ0n) is 9.08. The largest absolute Gasteiger partial charge is 0.494 e. The van der Waals surface area contributed by atoms with E-state index in [1.165, 1.54) is 0 Å². The summed E-state index contributed by atoms with van der Waals surface area (Å²) in [6.45, 7) is 6.25. The maximum absolute atomic E-state index is 9.65. The highest BCUT2D eigenvalue weighted by Gasteiger charge is 2.13. The molecule has 0 amide bonds. The van der Waals surface area contributed by atoms with Gasteiger partial charge in [0.05, 0.1) is 12.2 Å². The van der Waals surface area contributed by atoms with Gasteiger partial charge in [-0.2, -0.15) is 0 Å². The lowest BCUT2D eigenvalue weighted by atomic mass is 9.99. The van der Waals surface area contributed by atoms with Crippen LogP contribution < -0.4 is 4.74 Å². The van der Waals surface area contributed by atoms with E-state index < -0.39 is 5.60 Å². The van der Waals surface area contributed by atoms with Gasteiger partial charge in [-0.05, 0) is 38.5 Å². The van der Waals surface area contributed by atoms with E-state index in [9.17, 15) is 5.11 Å². The normalized spacial score (nSPS) is 11.4. The second kappa shape index (κ2) is 4.47. The van der Waals surface area contributed by atoms with Crippen LogP contribution >= 0.6 is 0 Å². The minimum absolute atomic E-state index is 0.647. The summed E-state index contributed by atoms with van der Waals surface area (Å²) in [4.78, 5) is 0. The predicted octanol–water partition coefficient (Wildman–Crippen LogP) is 2.40. The van der Waals surface area contributed by atoms with Gasteiger partial charge in [0.1, 0.15) is 5.75 Å². The molecule has 2 heteroatoms. The first-order valence-electron chi connectivity index (χ1n) is 4.95. The molecule has 0 saturated carbocycles. The van der Waals surface area contributed by atoms with Crippen LogP contribution in [0.2, 0.25) is 0 Å². The Morgan fingerprint density at radius 2 is 2.07 bits per heavy atom. The van der Waals surface area contributed by atoms with Crippen LogP contribution in [-0.2, 0) is 6.42 Å². The van der Waals surface area contributed by atoms with Crippen LogP contribution in [0.3, 0.4) is 0 Å². The van der Waals surface area contributed by atoms with Gasteiger partial charge in [-0.3, -0.25) is 0 Å². The fraction of sp³-hybridized carbons (Fsp3) is 0.500. The van der Waals surface area contributed by atoms with Gasteiger partial charge in [-0.15, -0.1) is 0 Å². The number of rotatable bonds is 4. The van der Waals surface area contributed by atoms with Crippen LogP contribution in [0, 0.1) is 0 Å². The molecule has 1 aromatic rings. The molecule has 1 rings (SSSR count). The maximum atomic E-state index is 9.65. The van der Waals surface area contributed by atoms with Crippen LogP contribution in [0.5, 0.6) is 5.75 Å². The second-order valence-electron chi connectivity index (χ2n) is 4.07. The number of aliphatic hydroxyl groups is 1. The summed E-state index contributed by atoms with van der Waals surface area (Å²) in [5.74, 6) is 0.870. The predicted molar refractivity (Wildman–Crippen MR) is 57.6 cm³/mol. The van der Waals surface area contributed by atoms with Crippen molar-refractivity contribution in [3.05, 3.63) is 29.8 Å². The Labute approximate surface area is 85.5 Å². The van der Waals surface area contributed by atoms with Crippen molar-refractivity contribution in [3.8, 4) is 5.75 Å². The van der Waals surface area contributed by atoms with Gasteiger partial charge in [0.15, 0.2) is 0 Å². The topological polar surface area (TPSA) is 29.5 Å². The molecule has 1 aromatic carbocycles. The van der Waals surface area contributed by atoms with Gasteiger partial charge >= 0.3 is 0 Å². The highest BCUT2D eigenvalue weighted by molar-refractivity contribution is 5.29. The number of hydrogen-bond acceptors (Lipinski definition) is 2. The lowest BCUT2D eigenvalue weighted by Crippen LogP contribution is -2.21. The molecule has 0 radical (unpaired) electrons. The van der Waals surface area contributed by atoms with E-state index in [2.05, 4.69) is 0 Å². The average molecular weight is 194 g/mol. The highest BCUT2D eigenvalue weighted by atomic mass is 16.5. The summed E-state index contributed by atoms with van der Waals surface area (Å²) >= 11 is 0. The van der Waals surface area contributed by atoms with Gasteiger partial charge in [0, 0.05) is 6.42 Å². The Kier molecular flexibility index (Phi) is 3.53. The monoisotopic (exact) mass is 194 g/mol. The van der Waals surface area contributed by atoms with Crippen LogP contribution in [0.4, 0.5) is 0 Å². The zero-order valence-corrected chi connectivity index (χ0v) is 9.08. The Balaban J connectivity index is 2.73. The van der Waals surface area contributed by atoms with Crippen LogP contribution in [0.15, 0.2) is 24.3 Å². The molecule has 14 heavy (non-hydrogen) atoms. The molecule has 0 atom stereocenters. The molecule has 0 aliphatic carbocycles. The highest BCUT2D eigenvalue weighted by Crippen LogP contribution is 2.17. The van der Waals surface area contributed by atoms with Crippen LogP contribution in [-0.4, -0.2) is 17.3 Å². The Bertz CT molecular complexity index is 287. The lowest BCUT2D eigenvalue weighted by molar-refractivity contribution is 0.0809. The first kappa shape index (κ1) is 11.1. The Morgan fingerprint density at radius 3 is 2.64 bits per heavy atom. The molecule has 0 spiro atoms. The molecule has 0 bridgehead atoms. The minimum atomic E-state index is -0.662. The van der Waals surface area contributed by atoms with Crippen LogP contribution in [0.25, 0.3) is 0 Å². The standard InChI is InChI=1S/C12H18O2/c1-4-14-11-7-5-6-10(8-11)9-12(2,3)13/h5-8,13H,4,9H2,1-3H3. The van der Waals surface area contributed by atoms with Gasteiger partial charge < -0.3 is 9.84 Å². The first-order chi connectivity index (χ1) is 6.51. The van der Waals surface area contributed by atoms with E-state index >= 15 is 0 Å². The molecule has 2 nitrogen and oxygen atoms in total. The Morgan fingerprint density at radius 1 is 1.36 bits per heavy atom. The van der Waals surface area contributed by atoms with E-state index in [0.717, 1.165) is 11.3 Å². The smallest absolute Gasteiger partial charge is 0.119 e. The third-order valence-electron chi connectivity index (χ3n) is 1.85. The molecule has 0 aromatic heterocycles. The van der Waals surface area contributed by atoms with Gasteiger partial charge in [-0.25, -0.2) is 0 Å². The minimum Gasteiger partial charge on any atom is -0.494 e. The van der Waals surface area contributed by atoms with E-state index in [4.69, 9.17) is 4.74 Å². The molecule has 0 aliphatic heterocycles. The van der Waals surface area contributed by atoms with Gasteiger partial charge in [-0.1, -0.05) is 12.1 Å². The SMILES string of the molecule is CCOc1cccc(CC(C)(C)O)c1. The maximum Gasteiger partial charge on any atom is 0.119 e. The van der Waals surface area contributed by atoms with Crippen molar-refractivity contribution in [2.75, 3.05) is 6.61 Å². The molecular weight excluding hydrogens is 176 g/mol. The van der Waals surface area contributed by atoms with Crippen molar-refractivity contribution in [1.82, 2.24) is 0 Å². The summed E-state index contributed by atoms with van der Waals surface area (Å²) in [6.07, 6.45) is 0.647. The summed E-state index contributed by atoms with van der Waals surface area (Å²) in [7, 11) is 0. The Hall–Kier alpha value is -1.02. The molecule has 0 heterocycles. The summed E-state index contributed by atoms with van der Waals surface area (Å²) in [6, 6.07) is 7.85. The van der Waals surface area contributed by atoms with Gasteiger partial charge in [0.25, 0.3) is 0 Å². The van der Waals surface area contributed by atoms with Crippen molar-refractivity contribution in [2.45, 2.75) is 32.8 Å². The molecule has 1 N–H and O–H groups in total. The molecule has 78 valence electrons. The molecule has 0 aliphatic rings. The third kappa shape index (κ3) is 3.79. The lowest BCUT2D eigenvalue weighted by Gasteiger charge is -2.17. The fourth-order valence-electron chi connectivity index (χ4n) is 1.41. The third-order valence-corrected chi connectivity index (χ3v) is 1.85. The zero-order chi connectivity index (χ0) is 10.6. The van der Waals surface area contributed by atoms with Crippen molar-refractivity contribution >= 4 is 0 Å². The van der Waals surface area contributed by atoms with Crippen molar-refractivity contribution in [3.63, 3.8) is 0 Å². The van der Waals surface area contributed by atoms with Crippen molar-refractivity contribution in [2.24, 2.45) is 0 Å². The average Bonchev–Trinajstić information content (AvgIpc) is 2.02. The number of benzene rings is 1. The van der Waals surface area contributed by atoms with E-state index in [-0.39, 0.29) is 0 Å². The molecular formula is C12H18O2. The number of hydrogen-bond donors (Lipinski definition) is 1. The summed E-state index contributed by atoms with van der Waals surface area (Å²) in [5, 5.41) is 9.65. The molecule has 0 saturated heterocycles. The number of ether oxygens (including phenoxy) is 1. The first-order valence-corrected chi connectivity index (χ1v) is 4.95. The molecule has 0 unspecified atom stereocenters. The van der Waals surface area contributed by atoms with Gasteiger partial charge in [0.2, 0.25) is 0 Å². The van der Waals surface area contributed by atoms with E-state index in [0.29, 0.717) is 13.0 Å². The summed E-state index contributed by atoms with van der Waals surface area (Å²) in [5.41, 5.74) is 0.439. The van der Waals surface area contributed by atoms with E-state index in [1.807, 2.05) is 31.2 Å². The van der Waals surface area contributed by atoms with Crippen molar-refractivity contribution < 1.29 is 9.84 Å². The quantitative estimate of drug-likeness (QED) is 0.797.